The predicted molar refractivity (Wildman–Crippen MR) is 107 cm³/mol. The molecule has 6 nitrogen and oxygen atoms in total. The average Bonchev–Trinajstić information content (AvgIpc) is 2.71. The molecule has 7 heteroatoms. The zero-order chi connectivity index (χ0) is 20.5. The maximum absolute atomic E-state index is 12.5. The fourth-order valence-corrected chi connectivity index (χ4v) is 2.78. The van der Waals surface area contributed by atoms with Gasteiger partial charge in [0.2, 0.25) is 0 Å². The van der Waals surface area contributed by atoms with Crippen molar-refractivity contribution >= 4 is 29.4 Å². The molecule has 2 rings (SSSR count). The van der Waals surface area contributed by atoms with Crippen molar-refractivity contribution in [2.75, 3.05) is 6.61 Å². The summed E-state index contributed by atoms with van der Waals surface area (Å²) in [6.45, 7) is 3.47. The van der Waals surface area contributed by atoms with Crippen LogP contribution in [0, 0.1) is 5.92 Å². The third-order valence-electron chi connectivity index (χ3n) is 4.39. The summed E-state index contributed by atoms with van der Waals surface area (Å²) < 4.78 is 5.18. The number of halogens is 1. The van der Waals surface area contributed by atoms with Gasteiger partial charge < -0.3 is 4.74 Å². The summed E-state index contributed by atoms with van der Waals surface area (Å²) in [5.74, 6) is -2.00. The number of nitrogens with one attached hydrogen (secondary N) is 2. The average molecular weight is 403 g/mol. The van der Waals surface area contributed by atoms with Gasteiger partial charge in [0.1, 0.15) is 0 Å². The van der Waals surface area contributed by atoms with E-state index in [9.17, 15) is 14.4 Å². The highest BCUT2D eigenvalue weighted by Crippen LogP contribution is 2.28. The van der Waals surface area contributed by atoms with Gasteiger partial charge in [-0.2, -0.15) is 0 Å². The monoisotopic (exact) mass is 402 g/mol. The smallest absolute Gasteiger partial charge is 0.314 e. The van der Waals surface area contributed by atoms with Crippen LogP contribution in [-0.4, -0.2) is 24.4 Å². The molecule has 0 unspecified atom stereocenters. The highest BCUT2D eigenvalue weighted by atomic mass is 35.5. The Morgan fingerprint density at radius 3 is 2.25 bits per heavy atom. The van der Waals surface area contributed by atoms with E-state index in [1.54, 1.807) is 12.1 Å². The molecule has 0 bridgehead atoms. The van der Waals surface area contributed by atoms with Crippen LogP contribution in [0.5, 0.6) is 0 Å². The van der Waals surface area contributed by atoms with Crippen molar-refractivity contribution in [2.24, 2.45) is 5.92 Å². The van der Waals surface area contributed by atoms with Crippen LogP contribution in [0.1, 0.15) is 42.1 Å². The van der Waals surface area contributed by atoms with Crippen molar-refractivity contribution in [1.29, 1.82) is 0 Å². The molecule has 2 N–H and O–H groups in total. The Balaban J connectivity index is 1.87. The van der Waals surface area contributed by atoms with E-state index < -0.39 is 30.3 Å². The number of carbonyl (C=O) groups is 3. The van der Waals surface area contributed by atoms with Gasteiger partial charge in [-0.3, -0.25) is 25.2 Å². The van der Waals surface area contributed by atoms with Crippen LogP contribution in [0.2, 0.25) is 5.02 Å². The summed E-state index contributed by atoms with van der Waals surface area (Å²) in [7, 11) is 0. The maximum atomic E-state index is 12.5. The first-order valence-corrected chi connectivity index (χ1v) is 9.36. The molecule has 2 aromatic carbocycles. The fraction of sp³-hybridized carbons (Fsp3) is 0.286. The van der Waals surface area contributed by atoms with Crippen molar-refractivity contribution in [3.05, 3.63) is 70.7 Å². The molecule has 0 aliphatic rings. The molecule has 0 fully saturated rings. The Labute approximate surface area is 169 Å². The molecule has 28 heavy (non-hydrogen) atoms. The maximum Gasteiger partial charge on any atom is 0.314 e. The largest absolute Gasteiger partial charge is 0.455 e. The molecule has 148 valence electrons. The molecular weight excluding hydrogens is 380 g/mol. The number of esters is 1. The van der Waals surface area contributed by atoms with Crippen LogP contribution in [0.15, 0.2) is 54.6 Å². The lowest BCUT2D eigenvalue weighted by Crippen LogP contribution is -2.43. The molecule has 0 aromatic heterocycles. The number of rotatable bonds is 7. The minimum atomic E-state index is -0.633. The van der Waals surface area contributed by atoms with E-state index in [1.165, 1.54) is 12.1 Å². The second-order valence-corrected chi connectivity index (χ2v) is 6.83. The van der Waals surface area contributed by atoms with Gasteiger partial charge in [-0.15, -0.1) is 0 Å². The molecule has 0 radical (unpaired) electrons. The third-order valence-corrected chi connectivity index (χ3v) is 4.64. The van der Waals surface area contributed by atoms with E-state index >= 15 is 0 Å². The molecule has 0 aliphatic carbocycles. The molecule has 2 amide bonds. The van der Waals surface area contributed by atoms with Gasteiger partial charge in [0.05, 0.1) is 5.92 Å². The Morgan fingerprint density at radius 1 is 1.00 bits per heavy atom. The Morgan fingerprint density at radius 2 is 1.64 bits per heavy atom. The molecule has 2 aromatic rings. The Hall–Kier alpha value is -2.86. The van der Waals surface area contributed by atoms with E-state index in [4.69, 9.17) is 16.3 Å². The topological polar surface area (TPSA) is 84.5 Å². The lowest BCUT2D eigenvalue weighted by molar-refractivity contribution is -0.151. The van der Waals surface area contributed by atoms with E-state index in [0.717, 1.165) is 12.0 Å². The number of benzene rings is 2. The predicted octanol–water partition coefficient (Wildman–Crippen LogP) is 3.47. The lowest BCUT2D eigenvalue weighted by atomic mass is 9.86. The van der Waals surface area contributed by atoms with Crippen LogP contribution in [0.4, 0.5) is 0 Å². The van der Waals surface area contributed by atoms with Gasteiger partial charge in [-0.05, 0) is 35.7 Å². The zero-order valence-corrected chi connectivity index (χ0v) is 16.5. The van der Waals surface area contributed by atoms with Gasteiger partial charge in [0.15, 0.2) is 6.61 Å². The minimum Gasteiger partial charge on any atom is -0.455 e. The molecule has 0 spiro atoms. The van der Waals surface area contributed by atoms with Gasteiger partial charge in [-0.1, -0.05) is 62.2 Å². The summed E-state index contributed by atoms with van der Waals surface area (Å²) in [4.78, 5) is 36.4. The molecular formula is C21H23ClN2O4. The van der Waals surface area contributed by atoms with E-state index in [-0.39, 0.29) is 5.92 Å². The standard InChI is InChI=1S/C21H23ClN2O4/c1-3-14(2)19(15-7-5-4-6-8-15)21(27)28-13-18(25)23-24-20(26)16-9-11-17(22)12-10-16/h4-12,14,19H,3,13H2,1-2H3,(H,23,25)(H,24,26)/t14-,19-/m1/s1. The van der Waals surface area contributed by atoms with Gasteiger partial charge in [0, 0.05) is 10.6 Å². The first-order chi connectivity index (χ1) is 13.4. The second-order valence-electron chi connectivity index (χ2n) is 6.39. The van der Waals surface area contributed by atoms with E-state index in [0.29, 0.717) is 10.6 Å². The number of hydrogen-bond donors (Lipinski definition) is 2. The Kier molecular flexibility index (Phi) is 8.02. The molecule has 0 aliphatic heterocycles. The Bertz CT molecular complexity index is 809. The molecule has 0 saturated heterocycles. The quantitative estimate of drug-likeness (QED) is 0.548. The lowest BCUT2D eigenvalue weighted by Gasteiger charge is -2.21. The fourth-order valence-electron chi connectivity index (χ4n) is 2.66. The highest BCUT2D eigenvalue weighted by molar-refractivity contribution is 6.30. The summed E-state index contributed by atoms with van der Waals surface area (Å²) in [6, 6.07) is 15.5. The minimum absolute atomic E-state index is 0.0579. The number of hydrazine groups is 1. The van der Waals surface area contributed by atoms with Crippen molar-refractivity contribution < 1.29 is 19.1 Å². The van der Waals surface area contributed by atoms with Crippen molar-refractivity contribution in [3.63, 3.8) is 0 Å². The van der Waals surface area contributed by atoms with Crippen LogP contribution in [-0.2, 0) is 14.3 Å². The SMILES string of the molecule is CC[C@@H](C)[C@@H](C(=O)OCC(=O)NNC(=O)c1ccc(Cl)cc1)c1ccccc1. The van der Waals surface area contributed by atoms with Gasteiger partial charge >= 0.3 is 5.97 Å². The van der Waals surface area contributed by atoms with Crippen molar-refractivity contribution in [1.82, 2.24) is 10.9 Å². The van der Waals surface area contributed by atoms with Gasteiger partial charge in [-0.25, -0.2) is 0 Å². The number of hydrogen-bond acceptors (Lipinski definition) is 4. The van der Waals surface area contributed by atoms with Crippen LogP contribution in [0.25, 0.3) is 0 Å². The normalized spacial score (nSPS) is 12.5. The van der Waals surface area contributed by atoms with Gasteiger partial charge in [0.25, 0.3) is 11.8 Å². The van der Waals surface area contributed by atoms with E-state index in [2.05, 4.69) is 10.9 Å². The first kappa shape index (κ1) is 21.4. The van der Waals surface area contributed by atoms with Crippen LogP contribution < -0.4 is 10.9 Å². The number of amides is 2. The second kappa shape index (κ2) is 10.5. The van der Waals surface area contributed by atoms with Crippen LogP contribution >= 0.6 is 11.6 Å². The number of carbonyl (C=O) groups excluding carboxylic acids is 3. The van der Waals surface area contributed by atoms with E-state index in [1.807, 2.05) is 44.2 Å². The summed E-state index contributed by atoms with van der Waals surface area (Å²) in [5.41, 5.74) is 5.67. The highest BCUT2D eigenvalue weighted by Gasteiger charge is 2.27. The number of ether oxygens (including phenoxy) is 1. The zero-order valence-electron chi connectivity index (χ0n) is 15.8. The first-order valence-electron chi connectivity index (χ1n) is 8.98. The molecule has 0 heterocycles. The van der Waals surface area contributed by atoms with Crippen LogP contribution in [0.3, 0.4) is 0 Å². The summed E-state index contributed by atoms with van der Waals surface area (Å²) in [5, 5.41) is 0.502. The molecule has 2 atom stereocenters. The summed E-state index contributed by atoms with van der Waals surface area (Å²) >= 11 is 5.77. The third kappa shape index (κ3) is 6.09. The molecule has 0 saturated carbocycles. The summed E-state index contributed by atoms with van der Waals surface area (Å²) in [6.07, 6.45) is 0.790. The van der Waals surface area contributed by atoms with Crippen molar-refractivity contribution in [3.8, 4) is 0 Å². The van der Waals surface area contributed by atoms with Crippen molar-refractivity contribution in [2.45, 2.75) is 26.2 Å².